The van der Waals surface area contributed by atoms with Crippen molar-refractivity contribution in [3.05, 3.63) is 47.5 Å². The minimum absolute atomic E-state index is 0.0363. The highest BCUT2D eigenvalue weighted by Crippen LogP contribution is 2.43. The van der Waals surface area contributed by atoms with Gasteiger partial charge in [0.05, 0.1) is 0 Å². The Balaban J connectivity index is 1.20. The molecule has 1 fully saturated rings. The van der Waals surface area contributed by atoms with Gasteiger partial charge in [-0.05, 0) is 55.2 Å². The first-order valence-electron chi connectivity index (χ1n) is 10.2. The fourth-order valence-electron chi connectivity index (χ4n) is 4.12. The van der Waals surface area contributed by atoms with E-state index in [0.717, 1.165) is 44.2 Å². The van der Waals surface area contributed by atoms with E-state index in [-0.39, 0.29) is 17.7 Å². The van der Waals surface area contributed by atoms with Crippen molar-refractivity contribution in [3.63, 3.8) is 0 Å². The van der Waals surface area contributed by atoms with Crippen molar-refractivity contribution >= 4 is 11.8 Å². The van der Waals surface area contributed by atoms with Gasteiger partial charge in [-0.2, -0.15) is 0 Å². The molecule has 2 bridgehead atoms. The van der Waals surface area contributed by atoms with Crippen LogP contribution in [0.25, 0.3) is 0 Å². The number of carbonyl (C=O) groups excluding carboxylic acids is 2. The van der Waals surface area contributed by atoms with E-state index in [9.17, 15) is 9.59 Å². The summed E-state index contributed by atoms with van der Waals surface area (Å²) in [7, 11) is 0. The van der Waals surface area contributed by atoms with Crippen LogP contribution in [-0.4, -0.2) is 24.9 Å². The number of rotatable bonds is 10. The third-order valence-electron chi connectivity index (χ3n) is 5.76. The first kappa shape index (κ1) is 19.6. The Morgan fingerprint density at radius 3 is 2.22 bits per heavy atom. The van der Waals surface area contributed by atoms with Gasteiger partial charge in [0.25, 0.3) is 5.91 Å². The Morgan fingerprint density at radius 1 is 0.926 bits per heavy atom. The Bertz CT molecular complexity index is 669. The molecule has 1 saturated carbocycles. The lowest BCUT2D eigenvalue weighted by Crippen LogP contribution is -2.33. The van der Waals surface area contributed by atoms with Crippen LogP contribution in [0, 0.1) is 17.8 Å². The van der Waals surface area contributed by atoms with Gasteiger partial charge in [-0.3, -0.25) is 9.59 Å². The summed E-state index contributed by atoms with van der Waals surface area (Å²) in [6.45, 7) is 1.93. The minimum Gasteiger partial charge on any atom is -0.356 e. The molecule has 5 heteroatoms. The molecule has 0 aromatic heterocycles. The van der Waals surface area contributed by atoms with Crippen molar-refractivity contribution in [2.75, 3.05) is 13.1 Å². The first-order chi connectivity index (χ1) is 13.2. The molecule has 1 unspecified atom stereocenters. The van der Waals surface area contributed by atoms with Crippen LogP contribution in [0.1, 0.15) is 54.4 Å². The maximum Gasteiger partial charge on any atom is 0.251 e. The molecule has 0 spiro atoms. The standard InChI is InChI=1S/C22H31N3O2/c23-15-16-5-8-18(9-6-16)21(26)24-11-3-1-2-4-12-25-22(27)20-14-17-7-10-19(20)13-17/h5-10,17,19-20H,1-4,11-15,23H2,(H,24,26)(H,25,27)/t17-,19+,20?/m1/s1. The number of carbonyl (C=O) groups is 2. The maximum absolute atomic E-state index is 12.2. The lowest BCUT2D eigenvalue weighted by molar-refractivity contribution is -0.125. The predicted octanol–water partition coefficient (Wildman–Crippen LogP) is 2.76. The van der Waals surface area contributed by atoms with Crippen molar-refractivity contribution < 1.29 is 9.59 Å². The van der Waals surface area contributed by atoms with Gasteiger partial charge in [0.2, 0.25) is 5.91 Å². The summed E-state index contributed by atoms with van der Waals surface area (Å²) in [5.41, 5.74) is 7.26. The number of unbranched alkanes of at least 4 members (excludes halogenated alkanes) is 3. The molecule has 0 radical (unpaired) electrons. The van der Waals surface area contributed by atoms with Crippen molar-refractivity contribution in [1.29, 1.82) is 0 Å². The van der Waals surface area contributed by atoms with Gasteiger partial charge in [0, 0.05) is 31.1 Å². The molecule has 2 aliphatic carbocycles. The molecule has 2 amide bonds. The van der Waals surface area contributed by atoms with Crippen LogP contribution >= 0.6 is 0 Å². The van der Waals surface area contributed by atoms with Crippen LogP contribution in [0.3, 0.4) is 0 Å². The fraction of sp³-hybridized carbons (Fsp3) is 0.545. The molecule has 4 N–H and O–H groups in total. The third-order valence-corrected chi connectivity index (χ3v) is 5.76. The van der Waals surface area contributed by atoms with E-state index in [1.807, 2.05) is 24.3 Å². The number of hydrogen-bond acceptors (Lipinski definition) is 3. The normalized spacial score (nSPS) is 22.8. The van der Waals surface area contributed by atoms with E-state index in [2.05, 4.69) is 22.8 Å². The molecule has 1 aromatic rings. The zero-order chi connectivity index (χ0) is 19.1. The Kier molecular flexibility index (Phi) is 7.04. The second-order valence-electron chi connectivity index (χ2n) is 7.75. The number of allylic oxidation sites excluding steroid dienone is 2. The second kappa shape index (κ2) is 9.70. The number of fused-ring (bicyclic) bond motifs is 2. The van der Waals surface area contributed by atoms with Gasteiger partial charge < -0.3 is 16.4 Å². The predicted molar refractivity (Wildman–Crippen MR) is 107 cm³/mol. The van der Waals surface area contributed by atoms with Gasteiger partial charge >= 0.3 is 0 Å². The van der Waals surface area contributed by atoms with Crippen LogP contribution in [0.15, 0.2) is 36.4 Å². The summed E-state index contributed by atoms with van der Waals surface area (Å²) in [4.78, 5) is 24.3. The highest BCUT2D eigenvalue weighted by Gasteiger charge is 2.39. The average molecular weight is 370 g/mol. The first-order valence-corrected chi connectivity index (χ1v) is 10.2. The van der Waals surface area contributed by atoms with Crippen molar-refractivity contribution in [1.82, 2.24) is 10.6 Å². The number of nitrogens with two attached hydrogens (primary N) is 1. The molecule has 5 nitrogen and oxygen atoms in total. The monoisotopic (exact) mass is 369 g/mol. The molecule has 1 aromatic carbocycles. The SMILES string of the molecule is NCc1ccc(C(=O)NCCCCCCNC(=O)C2C[C@@H]3C=C[C@H]2C3)cc1. The van der Waals surface area contributed by atoms with Crippen LogP contribution in [0.2, 0.25) is 0 Å². The zero-order valence-electron chi connectivity index (χ0n) is 16.0. The van der Waals surface area contributed by atoms with E-state index >= 15 is 0 Å². The summed E-state index contributed by atoms with van der Waals surface area (Å²) >= 11 is 0. The van der Waals surface area contributed by atoms with E-state index in [1.54, 1.807) is 0 Å². The highest BCUT2D eigenvalue weighted by molar-refractivity contribution is 5.94. The summed E-state index contributed by atoms with van der Waals surface area (Å²) in [5, 5.41) is 6.05. The summed E-state index contributed by atoms with van der Waals surface area (Å²) < 4.78 is 0. The lowest BCUT2D eigenvalue weighted by Gasteiger charge is -2.17. The van der Waals surface area contributed by atoms with Crippen LogP contribution in [0.4, 0.5) is 0 Å². The zero-order valence-corrected chi connectivity index (χ0v) is 16.0. The van der Waals surface area contributed by atoms with E-state index in [0.29, 0.717) is 30.5 Å². The van der Waals surface area contributed by atoms with Crippen molar-refractivity contribution in [3.8, 4) is 0 Å². The molecule has 146 valence electrons. The van der Waals surface area contributed by atoms with Crippen LogP contribution in [0.5, 0.6) is 0 Å². The molecular weight excluding hydrogens is 338 g/mol. The van der Waals surface area contributed by atoms with Gasteiger partial charge in [-0.15, -0.1) is 0 Å². The molecule has 2 aliphatic rings. The largest absolute Gasteiger partial charge is 0.356 e. The second-order valence-corrected chi connectivity index (χ2v) is 7.75. The quantitative estimate of drug-likeness (QED) is 0.438. The van der Waals surface area contributed by atoms with Gasteiger partial charge in [-0.25, -0.2) is 0 Å². The Morgan fingerprint density at radius 2 is 1.63 bits per heavy atom. The molecule has 0 saturated heterocycles. The van der Waals surface area contributed by atoms with E-state index in [1.165, 1.54) is 6.42 Å². The third kappa shape index (κ3) is 5.42. The summed E-state index contributed by atoms with van der Waals surface area (Å²) in [6, 6.07) is 7.39. The summed E-state index contributed by atoms with van der Waals surface area (Å²) in [6.07, 6.45) is 10.8. The Hall–Kier alpha value is -2.14. The topological polar surface area (TPSA) is 84.2 Å². The molecule has 27 heavy (non-hydrogen) atoms. The average Bonchev–Trinajstić information content (AvgIpc) is 3.33. The van der Waals surface area contributed by atoms with Crippen LogP contribution < -0.4 is 16.4 Å². The molecule has 3 rings (SSSR count). The number of benzene rings is 1. The van der Waals surface area contributed by atoms with Crippen LogP contribution in [-0.2, 0) is 11.3 Å². The smallest absolute Gasteiger partial charge is 0.251 e. The maximum atomic E-state index is 12.2. The number of hydrogen-bond donors (Lipinski definition) is 3. The Labute approximate surface area is 161 Å². The molecule has 0 heterocycles. The summed E-state index contributed by atoms with van der Waals surface area (Å²) in [5.74, 6) is 1.52. The number of nitrogens with one attached hydrogen (secondary N) is 2. The van der Waals surface area contributed by atoms with E-state index in [4.69, 9.17) is 5.73 Å². The van der Waals surface area contributed by atoms with Crippen molar-refractivity contribution in [2.45, 2.75) is 45.1 Å². The van der Waals surface area contributed by atoms with Gasteiger partial charge in [-0.1, -0.05) is 37.1 Å². The lowest BCUT2D eigenvalue weighted by atomic mass is 9.93. The van der Waals surface area contributed by atoms with Crippen molar-refractivity contribution in [2.24, 2.45) is 23.5 Å². The molecule has 3 atom stereocenters. The van der Waals surface area contributed by atoms with Gasteiger partial charge in [0.1, 0.15) is 0 Å². The molecule has 0 aliphatic heterocycles. The minimum atomic E-state index is -0.0363. The van der Waals surface area contributed by atoms with E-state index < -0.39 is 0 Å². The molecular formula is C22H31N3O2. The van der Waals surface area contributed by atoms with Gasteiger partial charge in [0.15, 0.2) is 0 Å². The fourth-order valence-corrected chi connectivity index (χ4v) is 4.12. The highest BCUT2D eigenvalue weighted by atomic mass is 16.2. The number of amides is 2.